The van der Waals surface area contributed by atoms with E-state index in [1.54, 1.807) is 11.3 Å². The van der Waals surface area contributed by atoms with Crippen LogP contribution in [-0.2, 0) is 0 Å². The van der Waals surface area contributed by atoms with Crippen molar-refractivity contribution in [2.75, 3.05) is 0 Å². The lowest BCUT2D eigenvalue weighted by atomic mass is 9.93. The lowest BCUT2D eigenvalue weighted by Gasteiger charge is -2.11. The Labute approximate surface area is 236 Å². The largest absolute Gasteiger partial charge is 0.230 e. The van der Waals surface area contributed by atoms with Gasteiger partial charge in [-0.15, -0.1) is 11.3 Å². The zero-order valence-corrected chi connectivity index (χ0v) is 22.5. The monoisotopic (exact) mass is 528 g/mol. The molecule has 0 aliphatic carbocycles. The molecule has 0 N–H and O–H groups in total. The van der Waals surface area contributed by atoms with Crippen molar-refractivity contribution in [1.29, 1.82) is 0 Å². The molecule has 0 amide bonds. The molecule has 3 heteroatoms. The maximum absolute atomic E-state index is 5.34. The van der Waals surface area contributed by atoms with Gasteiger partial charge >= 0.3 is 0 Å². The van der Waals surface area contributed by atoms with E-state index in [9.17, 15) is 0 Å². The summed E-state index contributed by atoms with van der Waals surface area (Å²) in [6.45, 7) is 0. The Morgan fingerprint density at radius 3 is 2.08 bits per heavy atom. The van der Waals surface area contributed by atoms with E-state index in [-0.39, 0.29) is 0 Å². The summed E-state index contributed by atoms with van der Waals surface area (Å²) in [6, 6.07) is 49.9. The SMILES string of the molecule is c1ccc(-c2nn3c(-c4cccs4)cc4ccccc4c3c2-c2cccc(-c3cccc4ccccc34)c2)cc1. The van der Waals surface area contributed by atoms with E-state index < -0.39 is 0 Å². The average molecular weight is 529 g/mol. The molecule has 0 spiro atoms. The number of hydrogen-bond donors (Lipinski definition) is 0. The van der Waals surface area contributed by atoms with Gasteiger partial charge in [0.05, 0.1) is 16.1 Å². The van der Waals surface area contributed by atoms with E-state index in [0.29, 0.717) is 0 Å². The summed E-state index contributed by atoms with van der Waals surface area (Å²) in [6.07, 6.45) is 0. The van der Waals surface area contributed by atoms with Crippen LogP contribution in [0.3, 0.4) is 0 Å². The Bertz CT molecular complexity index is 2150. The van der Waals surface area contributed by atoms with Gasteiger partial charge < -0.3 is 0 Å². The Balaban J connectivity index is 1.48. The van der Waals surface area contributed by atoms with E-state index >= 15 is 0 Å². The highest BCUT2D eigenvalue weighted by molar-refractivity contribution is 7.13. The van der Waals surface area contributed by atoms with Gasteiger partial charge in [0.15, 0.2) is 0 Å². The molecule has 8 rings (SSSR count). The fourth-order valence-electron chi connectivity index (χ4n) is 5.88. The summed E-state index contributed by atoms with van der Waals surface area (Å²) >= 11 is 1.75. The summed E-state index contributed by atoms with van der Waals surface area (Å²) in [4.78, 5) is 1.20. The second-order valence-corrected chi connectivity index (χ2v) is 11.0. The second-order valence-electron chi connectivity index (χ2n) is 10.1. The molecular weight excluding hydrogens is 504 g/mol. The van der Waals surface area contributed by atoms with Crippen LogP contribution in [0.1, 0.15) is 0 Å². The maximum Gasteiger partial charge on any atom is 0.101 e. The standard InChI is InChI=1S/C37H24N2S/c1-2-12-26(13-3-1)36-35(29-17-8-16-27(23-29)31-20-9-15-25-11-4-6-18-30(25)31)37-32-19-7-5-14-28(32)24-33(39(37)38-36)34-21-10-22-40-34/h1-24H. The fourth-order valence-corrected chi connectivity index (χ4v) is 6.61. The third kappa shape index (κ3) is 3.67. The molecule has 40 heavy (non-hydrogen) atoms. The van der Waals surface area contributed by atoms with E-state index in [0.717, 1.165) is 33.6 Å². The van der Waals surface area contributed by atoms with E-state index in [1.165, 1.54) is 37.5 Å². The molecule has 0 radical (unpaired) electrons. The predicted molar refractivity (Wildman–Crippen MR) is 170 cm³/mol. The molecule has 8 aromatic rings. The minimum atomic E-state index is 0.991. The summed E-state index contributed by atoms with van der Waals surface area (Å²) in [5, 5.41) is 12.4. The van der Waals surface area contributed by atoms with Crippen LogP contribution in [0.15, 0.2) is 145 Å². The number of fused-ring (bicyclic) bond motifs is 4. The summed E-state index contributed by atoms with van der Waals surface area (Å²) in [5.74, 6) is 0. The molecule has 0 unspecified atom stereocenters. The van der Waals surface area contributed by atoms with Gasteiger partial charge in [-0.3, -0.25) is 0 Å². The zero-order chi connectivity index (χ0) is 26.5. The van der Waals surface area contributed by atoms with Crippen molar-refractivity contribution < 1.29 is 0 Å². The number of pyridine rings is 1. The third-order valence-corrected chi connectivity index (χ3v) is 8.59. The summed E-state index contributed by atoms with van der Waals surface area (Å²) < 4.78 is 2.16. The van der Waals surface area contributed by atoms with Crippen molar-refractivity contribution in [3.8, 4) is 44.1 Å². The molecule has 0 aliphatic heterocycles. The minimum absolute atomic E-state index is 0.991. The van der Waals surface area contributed by atoms with Crippen LogP contribution in [-0.4, -0.2) is 9.61 Å². The number of nitrogens with zero attached hydrogens (tertiary/aromatic N) is 2. The highest BCUT2D eigenvalue weighted by Crippen LogP contribution is 2.42. The molecule has 0 bridgehead atoms. The van der Waals surface area contributed by atoms with Gasteiger partial charge in [-0.25, -0.2) is 4.52 Å². The predicted octanol–water partition coefficient (Wildman–Crippen LogP) is 10.4. The summed E-state index contributed by atoms with van der Waals surface area (Å²) in [7, 11) is 0. The normalized spacial score (nSPS) is 11.5. The van der Waals surface area contributed by atoms with Gasteiger partial charge in [0, 0.05) is 16.5 Å². The number of benzene rings is 5. The Kier molecular flexibility index (Phi) is 5.35. The first-order valence-corrected chi connectivity index (χ1v) is 14.4. The maximum atomic E-state index is 5.34. The van der Waals surface area contributed by atoms with Gasteiger partial charge in [0.1, 0.15) is 5.69 Å². The first-order chi connectivity index (χ1) is 19.8. The molecular formula is C37H24N2S. The molecule has 0 fully saturated rings. The molecule has 3 aromatic heterocycles. The van der Waals surface area contributed by atoms with Crippen LogP contribution in [0.2, 0.25) is 0 Å². The molecule has 188 valence electrons. The molecule has 0 saturated carbocycles. The summed E-state index contributed by atoms with van der Waals surface area (Å²) in [5.41, 5.74) is 9.10. The van der Waals surface area contributed by atoms with Crippen molar-refractivity contribution >= 4 is 38.4 Å². The van der Waals surface area contributed by atoms with Crippen molar-refractivity contribution in [1.82, 2.24) is 9.61 Å². The van der Waals surface area contributed by atoms with Crippen LogP contribution >= 0.6 is 11.3 Å². The molecule has 2 nitrogen and oxygen atoms in total. The molecule has 0 saturated heterocycles. The van der Waals surface area contributed by atoms with Crippen molar-refractivity contribution in [3.05, 3.63) is 145 Å². The number of aromatic nitrogens is 2. The molecule has 3 heterocycles. The zero-order valence-electron chi connectivity index (χ0n) is 21.7. The topological polar surface area (TPSA) is 17.3 Å². The fraction of sp³-hybridized carbons (Fsp3) is 0. The third-order valence-electron chi connectivity index (χ3n) is 7.69. The Hall–Kier alpha value is -4.99. The van der Waals surface area contributed by atoms with Gasteiger partial charge in [-0.1, -0.05) is 121 Å². The first-order valence-electron chi connectivity index (χ1n) is 13.5. The number of thiophene rings is 1. The molecule has 0 aliphatic rings. The van der Waals surface area contributed by atoms with Crippen LogP contribution in [0.4, 0.5) is 0 Å². The van der Waals surface area contributed by atoms with Gasteiger partial charge in [0.2, 0.25) is 0 Å². The van der Waals surface area contributed by atoms with Gasteiger partial charge in [-0.05, 0) is 56.4 Å². The van der Waals surface area contributed by atoms with Crippen LogP contribution in [0.25, 0.3) is 71.1 Å². The second kappa shape index (κ2) is 9.33. The quantitative estimate of drug-likeness (QED) is 0.222. The average Bonchev–Trinajstić information content (AvgIpc) is 3.70. The van der Waals surface area contributed by atoms with E-state index in [2.05, 4.69) is 149 Å². The lowest BCUT2D eigenvalue weighted by Crippen LogP contribution is -1.94. The highest BCUT2D eigenvalue weighted by atomic mass is 32.1. The van der Waals surface area contributed by atoms with Gasteiger partial charge in [0.25, 0.3) is 0 Å². The Morgan fingerprint density at radius 2 is 1.23 bits per heavy atom. The smallest absolute Gasteiger partial charge is 0.101 e. The lowest BCUT2D eigenvalue weighted by molar-refractivity contribution is 0.982. The van der Waals surface area contributed by atoms with E-state index in [1.807, 2.05) is 0 Å². The Morgan fingerprint density at radius 1 is 0.525 bits per heavy atom. The van der Waals surface area contributed by atoms with Crippen LogP contribution in [0.5, 0.6) is 0 Å². The van der Waals surface area contributed by atoms with Crippen molar-refractivity contribution in [2.24, 2.45) is 0 Å². The van der Waals surface area contributed by atoms with E-state index in [4.69, 9.17) is 5.10 Å². The highest BCUT2D eigenvalue weighted by Gasteiger charge is 2.22. The van der Waals surface area contributed by atoms with Crippen molar-refractivity contribution in [3.63, 3.8) is 0 Å². The number of hydrogen-bond acceptors (Lipinski definition) is 2. The van der Waals surface area contributed by atoms with Crippen LogP contribution in [0, 0.1) is 0 Å². The van der Waals surface area contributed by atoms with Gasteiger partial charge in [-0.2, -0.15) is 5.10 Å². The first kappa shape index (κ1) is 22.9. The van der Waals surface area contributed by atoms with Crippen molar-refractivity contribution in [2.45, 2.75) is 0 Å². The number of rotatable bonds is 4. The van der Waals surface area contributed by atoms with Crippen LogP contribution < -0.4 is 0 Å². The minimum Gasteiger partial charge on any atom is -0.230 e. The molecule has 5 aromatic carbocycles. The molecule has 0 atom stereocenters.